The maximum Gasteiger partial charge on any atom is 0.471 e. The molecule has 0 N–H and O–H groups in total. The highest BCUT2D eigenvalue weighted by atomic mass is 35.5. The number of anilines is 2. The Kier molecular flexibility index (Phi) is 5.64. The molecule has 0 aromatic heterocycles. The number of ether oxygens (including phenoxy) is 1. The third-order valence-corrected chi connectivity index (χ3v) is 5.10. The molecule has 2 aliphatic heterocycles. The summed E-state index contributed by atoms with van der Waals surface area (Å²) in [6, 6.07) is 5.06. The first-order valence-corrected chi connectivity index (χ1v) is 9.71. The van der Waals surface area contributed by atoms with Crippen molar-refractivity contribution in [2.75, 3.05) is 36.0 Å². The zero-order valence-corrected chi connectivity index (χ0v) is 17.2. The zero-order chi connectivity index (χ0) is 21.6. The van der Waals surface area contributed by atoms with Crippen LogP contribution in [0.3, 0.4) is 0 Å². The van der Waals surface area contributed by atoms with Crippen molar-refractivity contribution in [1.29, 1.82) is 0 Å². The number of hydrogen-bond donors (Lipinski definition) is 0. The van der Waals surface area contributed by atoms with Gasteiger partial charge in [-0.3, -0.25) is 9.69 Å². The van der Waals surface area contributed by atoms with Gasteiger partial charge in [0.15, 0.2) is 0 Å². The number of fused-ring (bicyclic) bond motifs is 1. The van der Waals surface area contributed by atoms with Gasteiger partial charge in [-0.05, 0) is 38.5 Å². The van der Waals surface area contributed by atoms with Crippen LogP contribution in [0.5, 0.6) is 0 Å². The Hall–Kier alpha value is -2.16. The molecule has 1 saturated heterocycles. The van der Waals surface area contributed by atoms with Gasteiger partial charge in [0.05, 0.1) is 5.69 Å². The molecule has 1 aromatic carbocycles. The average molecular weight is 434 g/mol. The second-order valence-electron chi connectivity index (χ2n) is 8.08. The molecule has 2 aliphatic rings. The highest BCUT2D eigenvalue weighted by molar-refractivity contribution is 6.25. The highest BCUT2D eigenvalue weighted by Crippen LogP contribution is 2.39. The van der Waals surface area contributed by atoms with Crippen LogP contribution in [-0.4, -0.2) is 60.4 Å². The van der Waals surface area contributed by atoms with Gasteiger partial charge in [-0.2, -0.15) is 13.2 Å². The molecule has 0 bridgehead atoms. The van der Waals surface area contributed by atoms with Crippen LogP contribution in [0.4, 0.5) is 29.3 Å². The molecule has 2 amide bonds. The molecule has 10 heteroatoms. The summed E-state index contributed by atoms with van der Waals surface area (Å²) >= 11 is 6.02. The Morgan fingerprint density at radius 2 is 1.72 bits per heavy atom. The molecule has 1 unspecified atom stereocenters. The number of hydrogen-bond acceptors (Lipinski definition) is 4. The topological polar surface area (TPSA) is 53.1 Å². The molecular formula is C19H23ClF3N3O3. The van der Waals surface area contributed by atoms with E-state index < -0.39 is 29.3 Å². The number of rotatable bonds is 1. The van der Waals surface area contributed by atoms with Crippen LogP contribution in [0.2, 0.25) is 0 Å². The van der Waals surface area contributed by atoms with Gasteiger partial charge < -0.3 is 14.5 Å². The molecule has 29 heavy (non-hydrogen) atoms. The van der Waals surface area contributed by atoms with Gasteiger partial charge in [0.25, 0.3) is 0 Å². The summed E-state index contributed by atoms with van der Waals surface area (Å²) in [6.45, 7) is 7.23. The first-order chi connectivity index (χ1) is 13.4. The number of piperazine rings is 1. The van der Waals surface area contributed by atoms with E-state index >= 15 is 0 Å². The maximum absolute atomic E-state index is 13.0. The Morgan fingerprint density at radius 3 is 2.28 bits per heavy atom. The zero-order valence-electron chi connectivity index (χ0n) is 16.4. The minimum absolute atomic E-state index is 0.158. The summed E-state index contributed by atoms with van der Waals surface area (Å²) in [5.74, 6) is -1.97. The number of benzene rings is 1. The fourth-order valence-electron chi connectivity index (χ4n) is 3.42. The SMILES string of the molecule is CC(C)(C)OC(=O)N1CCN(c2ccc3c(c2)N(C(=O)C(F)(F)F)C(Cl)C3)CC1. The molecule has 1 atom stereocenters. The minimum Gasteiger partial charge on any atom is -0.444 e. The van der Waals surface area contributed by atoms with Crippen LogP contribution in [0.15, 0.2) is 18.2 Å². The van der Waals surface area contributed by atoms with E-state index in [1.807, 2.05) is 4.90 Å². The number of amides is 2. The van der Waals surface area contributed by atoms with Crippen molar-refractivity contribution >= 4 is 35.0 Å². The third kappa shape index (κ3) is 4.71. The van der Waals surface area contributed by atoms with E-state index in [2.05, 4.69) is 0 Å². The van der Waals surface area contributed by atoms with Crippen molar-refractivity contribution in [3.05, 3.63) is 23.8 Å². The standard InChI is InChI=1S/C19H23ClF3N3O3/c1-18(2,3)29-17(28)25-8-6-24(7-9-25)13-5-4-12-10-15(20)26(14(12)11-13)16(27)19(21,22)23/h4-5,11,15H,6-10H2,1-3H3. The quantitative estimate of drug-likeness (QED) is 0.500. The van der Waals surface area contributed by atoms with Gasteiger partial charge in [0, 0.05) is 38.3 Å². The van der Waals surface area contributed by atoms with Crippen LogP contribution in [0, 0.1) is 0 Å². The molecule has 1 fully saturated rings. The maximum atomic E-state index is 13.0. The second kappa shape index (κ2) is 7.59. The van der Waals surface area contributed by atoms with E-state index in [1.54, 1.807) is 43.9 Å². The van der Waals surface area contributed by atoms with Gasteiger partial charge in [-0.15, -0.1) is 0 Å². The van der Waals surface area contributed by atoms with Crippen LogP contribution in [0.25, 0.3) is 0 Å². The van der Waals surface area contributed by atoms with Crippen molar-refractivity contribution in [3.8, 4) is 0 Å². The van der Waals surface area contributed by atoms with E-state index in [0.717, 1.165) is 0 Å². The normalized spacial score (nSPS) is 20.0. The third-order valence-electron chi connectivity index (χ3n) is 4.75. The predicted molar refractivity (Wildman–Crippen MR) is 103 cm³/mol. The molecule has 0 saturated carbocycles. The summed E-state index contributed by atoms with van der Waals surface area (Å²) < 4.78 is 44.2. The first kappa shape index (κ1) is 21.5. The first-order valence-electron chi connectivity index (χ1n) is 9.27. The predicted octanol–water partition coefficient (Wildman–Crippen LogP) is 3.76. The summed E-state index contributed by atoms with van der Waals surface area (Å²) in [5, 5.41) is 0. The molecular weight excluding hydrogens is 411 g/mol. The molecule has 0 spiro atoms. The molecule has 0 aliphatic carbocycles. The minimum atomic E-state index is -5.00. The number of alkyl halides is 4. The highest BCUT2D eigenvalue weighted by Gasteiger charge is 2.47. The fraction of sp³-hybridized carbons (Fsp3) is 0.579. The van der Waals surface area contributed by atoms with Crippen LogP contribution >= 0.6 is 11.6 Å². The lowest BCUT2D eigenvalue weighted by atomic mass is 10.1. The van der Waals surface area contributed by atoms with Crippen LogP contribution in [0.1, 0.15) is 26.3 Å². The number of halogens is 4. The lowest BCUT2D eigenvalue weighted by molar-refractivity contribution is -0.170. The summed E-state index contributed by atoms with van der Waals surface area (Å²) in [6.07, 6.45) is -5.23. The Morgan fingerprint density at radius 1 is 1.10 bits per heavy atom. The van der Waals surface area contributed by atoms with Gasteiger partial charge in [-0.1, -0.05) is 17.7 Å². The fourth-order valence-corrected chi connectivity index (χ4v) is 3.78. The summed E-state index contributed by atoms with van der Waals surface area (Å²) in [7, 11) is 0. The molecule has 6 nitrogen and oxygen atoms in total. The van der Waals surface area contributed by atoms with E-state index in [9.17, 15) is 22.8 Å². The monoisotopic (exact) mass is 433 g/mol. The van der Waals surface area contributed by atoms with Crippen LogP contribution in [-0.2, 0) is 16.0 Å². The Balaban J connectivity index is 1.72. The van der Waals surface area contributed by atoms with Gasteiger partial charge in [0.2, 0.25) is 0 Å². The van der Waals surface area contributed by atoms with Crippen molar-refractivity contribution < 1.29 is 27.5 Å². The number of nitrogens with zero attached hydrogens (tertiary/aromatic N) is 3. The van der Waals surface area contributed by atoms with Gasteiger partial charge in [-0.25, -0.2) is 4.79 Å². The largest absolute Gasteiger partial charge is 0.471 e. The van der Waals surface area contributed by atoms with Gasteiger partial charge >= 0.3 is 18.2 Å². The van der Waals surface area contributed by atoms with Gasteiger partial charge in [0.1, 0.15) is 11.1 Å². The Bertz CT molecular complexity index is 802. The Labute approximate surface area is 172 Å². The van der Waals surface area contributed by atoms with E-state index in [-0.39, 0.29) is 12.1 Å². The van der Waals surface area contributed by atoms with Crippen molar-refractivity contribution in [2.24, 2.45) is 0 Å². The number of carbonyl (C=O) groups is 2. The van der Waals surface area contributed by atoms with E-state index in [0.29, 0.717) is 42.3 Å². The lowest BCUT2D eigenvalue weighted by Crippen LogP contribution is -2.50. The van der Waals surface area contributed by atoms with E-state index in [4.69, 9.17) is 16.3 Å². The van der Waals surface area contributed by atoms with Crippen molar-refractivity contribution in [1.82, 2.24) is 4.90 Å². The van der Waals surface area contributed by atoms with Crippen LogP contribution < -0.4 is 9.80 Å². The summed E-state index contributed by atoms with van der Waals surface area (Å²) in [4.78, 5) is 28.1. The average Bonchev–Trinajstić information content (AvgIpc) is 2.93. The molecule has 3 rings (SSSR count). The van der Waals surface area contributed by atoms with Crippen molar-refractivity contribution in [2.45, 2.75) is 44.5 Å². The van der Waals surface area contributed by atoms with Crippen molar-refractivity contribution in [3.63, 3.8) is 0 Å². The number of carbonyl (C=O) groups excluding carboxylic acids is 2. The smallest absolute Gasteiger partial charge is 0.444 e. The molecule has 160 valence electrons. The molecule has 0 radical (unpaired) electrons. The molecule has 1 aromatic rings. The second-order valence-corrected chi connectivity index (χ2v) is 8.58. The lowest BCUT2D eigenvalue weighted by Gasteiger charge is -2.37. The molecule has 2 heterocycles. The van der Waals surface area contributed by atoms with E-state index in [1.165, 1.54) is 0 Å². The summed E-state index contributed by atoms with van der Waals surface area (Å²) in [5.41, 5.74) is -0.198.